The van der Waals surface area contributed by atoms with E-state index in [0.717, 1.165) is 0 Å². The standard InChI is InChI=1S/C10H14N6O2/c1-3-18-6(17)4-16-5-13-7-8(11)14-10(12-2)15-9(7)16/h5H,3-4H2,1-2H3,(H3,11,12,14,15). The van der Waals surface area contributed by atoms with Gasteiger partial charge in [0.1, 0.15) is 12.1 Å². The third-order valence-electron chi connectivity index (χ3n) is 2.32. The van der Waals surface area contributed by atoms with Crippen molar-refractivity contribution < 1.29 is 9.53 Å². The molecule has 2 aromatic heterocycles. The van der Waals surface area contributed by atoms with Crippen LogP contribution in [0.25, 0.3) is 11.2 Å². The predicted octanol–water partition coefficient (Wildman–Crippen LogP) is 0.0133. The highest BCUT2D eigenvalue weighted by molar-refractivity contribution is 5.84. The molecule has 8 nitrogen and oxygen atoms in total. The molecule has 0 amide bonds. The SMILES string of the molecule is CCOC(=O)Cn1cnc2c(N)nc(NC)nc21. The summed E-state index contributed by atoms with van der Waals surface area (Å²) < 4.78 is 6.45. The molecule has 0 aliphatic carbocycles. The Hall–Kier alpha value is -2.38. The molecule has 2 heterocycles. The molecule has 18 heavy (non-hydrogen) atoms. The summed E-state index contributed by atoms with van der Waals surface area (Å²) in [5.74, 6) is 0.303. The molecular formula is C10H14N6O2. The maximum atomic E-state index is 11.4. The highest BCUT2D eigenvalue weighted by Gasteiger charge is 2.13. The molecule has 0 aliphatic heterocycles. The van der Waals surface area contributed by atoms with Gasteiger partial charge in [0.05, 0.1) is 12.9 Å². The number of rotatable bonds is 4. The average Bonchev–Trinajstić information content (AvgIpc) is 2.73. The molecular weight excluding hydrogens is 236 g/mol. The zero-order valence-corrected chi connectivity index (χ0v) is 10.2. The maximum absolute atomic E-state index is 11.4. The lowest BCUT2D eigenvalue weighted by molar-refractivity contribution is -0.143. The van der Waals surface area contributed by atoms with Crippen LogP contribution in [0.4, 0.5) is 11.8 Å². The second-order valence-electron chi connectivity index (χ2n) is 3.53. The molecule has 0 unspecified atom stereocenters. The first-order valence-electron chi connectivity index (χ1n) is 5.47. The number of nitrogens with two attached hydrogens (primary N) is 1. The number of ether oxygens (including phenoxy) is 1. The third kappa shape index (κ3) is 2.17. The van der Waals surface area contributed by atoms with E-state index < -0.39 is 0 Å². The number of hydrogen-bond donors (Lipinski definition) is 2. The third-order valence-corrected chi connectivity index (χ3v) is 2.32. The van der Waals surface area contributed by atoms with E-state index in [-0.39, 0.29) is 18.3 Å². The van der Waals surface area contributed by atoms with Crippen LogP contribution in [-0.4, -0.2) is 39.1 Å². The van der Waals surface area contributed by atoms with Crippen molar-refractivity contribution in [2.24, 2.45) is 0 Å². The zero-order chi connectivity index (χ0) is 13.1. The molecule has 0 bridgehead atoms. The number of nitrogens with one attached hydrogen (secondary N) is 1. The first-order valence-corrected chi connectivity index (χ1v) is 5.47. The van der Waals surface area contributed by atoms with Gasteiger partial charge < -0.3 is 20.4 Å². The van der Waals surface area contributed by atoms with E-state index in [2.05, 4.69) is 20.3 Å². The van der Waals surface area contributed by atoms with E-state index in [4.69, 9.17) is 10.5 Å². The second-order valence-corrected chi connectivity index (χ2v) is 3.53. The lowest BCUT2D eigenvalue weighted by atomic mass is 10.5. The summed E-state index contributed by atoms with van der Waals surface area (Å²) in [5.41, 5.74) is 6.72. The number of carbonyl (C=O) groups is 1. The Bertz CT molecular complexity index is 579. The molecule has 0 saturated carbocycles. The number of aromatic nitrogens is 4. The Balaban J connectivity index is 2.40. The number of carbonyl (C=O) groups excluding carboxylic acids is 1. The Labute approximate surface area is 103 Å². The van der Waals surface area contributed by atoms with Crippen LogP contribution >= 0.6 is 0 Å². The number of fused-ring (bicyclic) bond motifs is 1. The van der Waals surface area contributed by atoms with Crippen LogP contribution in [0.2, 0.25) is 0 Å². The van der Waals surface area contributed by atoms with E-state index in [1.807, 2.05) is 0 Å². The monoisotopic (exact) mass is 250 g/mol. The summed E-state index contributed by atoms with van der Waals surface area (Å²) >= 11 is 0. The normalized spacial score (nSPS) is 10.6. The van der Waals surface area contributed by atoms with Gasteiger partial charge in [0, 0.05) is 7.05 Å². The summed E-state index contributed by atoms with van der Waals surface area (Å²) in [6.07, 6.45) is 1.49. The van der Waals surface area contributed by atoms with E-state index >= 15 is 0 Å². The lowest BCUT2D eigenvalue weighted by Gasteiger charge is -2.05. The number of imidazole rings is 1. The van der Waals surface area contributed by atoms with Gasteiger partial charge in [0.15, 0.2) is 11.5 Å². The molecule has 0 fully saturated rings. The summed E-state index contributed by atoms with van der Waals surface area (Å²) in [5, 5.41) is 2.80. The van der Waals surface area contributed by atoms with Gasteiger partial charge in [-0.15, -0.1) is 0 Å². The van der Waals surface area contributed by atoms with Crippen molar-refractivity contribution >= 4 is 28.9 Å². The minimum atomic E-state index is -0.347. The minimum Gasteiger partial charge on any atom is -0.465 e. The Morgan fingerprint density at radius 3 is 3.00 bits per heavy atom. The molecule has 0 spiro atoms. The maximum Gasteiger partial charge on any atom is 0.326 e. The zero-order valence-electron chi connectivity index (χ0n) is 10.2. The Kier molecular flexibility index (Phi) is 3.26. The average molecular weight is 250 g/mol. The quantitative estimate of drug-likeness (QED) is 0.736. The van der Waals surface area contributed by atoms with Crippen LogP contribution < -0.4 is 11.1 Å². The van der Waals surface area contributed by atoms with Crippen molar-refractivity contribution in [3.8, 4) is 0 Å². The Morgan fingerprint density at radius 1 is 1.56 bits per heavy atom. The fraction of sp³-hybridized carbons (Fsp3) is 0.400. The molecule has 96 valence electrons. The van der Waals surface area contributed by atoms with Crippen LogP contribution in [-0.2, 0) is 16.1 Å². The van der Waals surface area contributed by atoms with Gasteiger partial charge >= 0.3 is 5.97 Å². The van der Waals surface area contributed by atoms with E-state index in [1.165, 1.54) is 6.33 Å². The van der Waals surface area contributed by atoms with Crippen molar-refractivity contribution in [1.29, 1.82) is 0 Å². The van der Waals surface area contributed by atoms with E-state index in [9.17, 15) is 4.79 Å². The van der Waals surface area contributed by atoms with Gasteiger partial charge in [0.25, 0.3) is 0 Å². The predicted molar refractivity (Wildman–Crippen MR) is 65.9 cm³/mol. The van der Waals surface area contributed by atoms with Crippen molar-refractivity contribution in [2.75, 3.05) is 24.7 Å². The van der Waals surface area contributed by atoms with Crippen LogP contribution in [0, 0.1) is 0 Å². The number of hydrogen-bond acceptors (Lipinski definition) is 7. The van der Waals surface area contributed by atoms with Gasteiger partial charge in [0.2, 0.25) is 5.95 Å². The fourth-order valence-corrected chi connectivity index (χ4v) is 1.54. The van der Waals surface area contributed by atoms with Crippen LogP contribution in [0.1, 0.15) is 6.92 Å². The van der Waals surface area contributed by atoms with Gasteiger partial charge in [-0.05, 0) is 6.92 Å². The van der Waals surface area contributed by atoms with Crippen LogP contribution in [0.5, 0.6) is 0 Å². The topological polar surface area (TPSA) is 108 Å². The highest BCUT2D eigenvalue weighted by atomic mass is 16.5. The van der Waals surface area contributed by atoms with Gasteiger partial charge in [-0.2, -0.15) is 9.97 Å². The number of esters is 1. The minimum absolute atomic E-state index is 0.0456. The molecule has 2 rings (SSSR count). The molecule has 0 aliphatic rings. The lowest BCUT2D eigenvalue weighted by Crippen LogP contribution is -2.13. The number of nitrogens with zero attached hydrogens (tertiary/aromatic N) is 4. The summed E-state index contributed by atoms with van der Waals surface area (Å²) in [6, 6.07) is 0. The van der Waals surface area contributed by atoms with Crippen molar-refractivity contribution in [3.05, 3.63) is 6.33 Å². The summed E-state index contributed by atoms with van der Waals surface area (Å²) in [6.45, 7) is 2.14. The molecule has 3 N–H and O–H groups in total. The van der Waals surface area contributed by atoms with Gasteiger partial charge in [-0.25, -0.2) is 4.98 Å². The molecule has 0 atom stereocenters. The number of nitrogen functional groups attached to an aromatic ring is 1. The second kappa shape index (κ2) is 4.86. The van der Waals surface area contributed by atoms with Crippen molar-refractivity contribution in [1.82, 2.24) is 19.5 Å². The molecule has 2 aromatic rings. The first kappa shape index (κ1) is 12.1. The van der Waals surface area contributed by atoms with Crippen LogP contribution in [0.3, 0.4) is 0 Å². The Morgan fingerprint density at radius 2 is 2.33 bits per heavy atom. The molecule has 0 radical (unpaired) electrons. The molecule has 8 heteroatoms. The fourth-order valence-electron chi connectivity index (χ4n) is 1.54. The van der Waals surface area contributed by atoms with E-state index in [1.54, 1.807) is 18.5 Å². The number of anilines is 2. The van der Waals surface area contributed by atoms with Gasteiger partial charge in [-0.3, -0.25) is 4.79 Å². The summed E-state index contributed by atoms with van der Waals surface area (Å²) in [4.78, 5) is 23.7. The van der Waals surface area contributed by atoms with Crippen molar-refractivity contribution in [3.63, 3.8) is 0 Å². The van der Waals surface area contributed by atoms with Gasteiger partial charge in [-0.1, -0.05) is 0 Å². The van der Waals surface area contributed by atoms with Crippen molar-refractivity contribution in [2.45, 2.75) is 13.5 Å². The van der Waals surface area contributed by atoms with E-state index in [0.29, 0.717) is 23.7 Å². The molecule has 0 aromatic carbocycles. The van der Waals surface area contributed by atoms with Crippen LogP contribution in [0.15, 0.2) is 6.33 Å². The summed E-state index contributed by atoms with van der Waals surface area (Å²) in [7, 11) is 1.69. The highest BCUT2D eigenvalue weighted by Crippen LogP contribution is 2.17. The smallest absolute Gasteiger partial charge is 0.326 e. The first-order chi connectivity index (χ1) is 8.65. The molecule has 0 saturated heterocycles. The largest absolute Gasteiger partial charge is 0.465 e.